The van der Waals surface area contributed by atoms with Crippen LogP contribution in [0.1, 0.15) is 36.8 Å². The summed E-state index contributed by atoms with van der Waals surface area (Å²) in [5.74, 6) is 0.813. The molecule has 6 nitrogen and oxygen atoms in total. The average Bonchev–Trinajstić information content (AvgIpc) is 2.85. The molecule has 1 fully saturated rings. The highest BCUT2D eigenvalue weighted by Crippen LogP contribution is 2.33. The Morgan fingerprint density at radius 2 is 1.71 bits per heavy atom. The van der Waals surface area contributed by atoms with Crippen molar-refractivity contribution in [2.45, 2.75) is 43.9 Å². The molecule has 0 atom stereocenters. The van der Waals surface area contributed by atoms with Gasteiger partial charge in [0.2, 0.25) is 15.9 Å². The maximum Gasteiger partial charge on any atom is 0.243 e. The minimum absolute atomic E-state index is 0.157. The summed E-state index contributed by atoms with van der Waals surface area (Å²) in [4.78, 5) is 12.9. The summed E-state index contributed by atoms with van der Waals surface area (Å²) in [5, 5.41) is 2.88. The van der Waals surface area contributed by atoms with Gasteiger partial charge in [-0.05, 0) is 67.6 Å². The molecule has 0 spiro atoms. The van der Waals surface area contributed by atoms with E-state index in [9.17, 15) is 13.2 Å². The summed E-state index contributed by atoms with van der Waals surface area (Å²) < 4.78 is 34.0. The topological polar surface area (TPSA) is 75.7 Å². The number of rotatable bonds is 8. The van der Waals surface area contributed by atoms with Crippen LogP contribution >= 0.6 is 0 Å². The molecule has 0 unspecified atom stereocenters. The van der Waals surface area contributed by atoms with Crippen LogP contribution in [0.4, 0.5) is 5.69 Å². The molecule has 1 aliphatic rings. The van der Waals surface area contributed by atoms with E-state index >= 15 is 0 Å². The standard InChI is InChI=1S/C27H30N2O4S/c1-21-9-8-12-23(19-21)33-26-15-14-24(34(31,32)29-17-6-3-7-18-29)20-25(26)28-27(30)16-13-22-10-4-2-5-11-22/h2,4-5,8-12,14-15,19-20H,3,6-7,13,16-18H2,1H3,(H,28,30). The number of carbonyl (C=O) groups is 1. The third-order valence-electron chi connectivity index (χ3n) is 5.88. The van der Waals surface area contributed by atoms with E-state index in [0.717, 1.165) is 30.4 Å². The van der Waals surface area contributed by atoms with Crippen LogP contribution in [0.25, 0.3) is 0 Å². The number of hydrogen-bond donors (Lipinski definition) is 1. The van der Waals surface area contributed by atoms with Crippen LogP contribution in [-0.4, -0.2) is 31.7 Å². The predicted molar refractivity (Wildman–Crippen MR) is 134 cm³/mol. The zero-order valence-corrected chi connectivity index (χ0v) is 20.2. The number of carbonyl (C=O) groups excluding carboxylic acids is 1. The molecule has 1 heterocycles. The van der Waals surface area contributed by atoms with Crippen molar-refractivity contribution in [2.75, 3.05) is 18.4 Å². The van der Waals surface area contributed by atoms with Crippen LogP contribution in [0.15, 0.2) is 77.7 Å². The maximum absolute atomic E-state index is 13.2. The number of benzene rings is 3. The van der Waals surface area contributed by atoms with E-state index in [2.05, 4.69) is 5.32 Å². The first-order chi connectivity index (χ1) is 16.4. The fourth-order valence-corrected chi connectivity index (χ4v) is 5.58. The van der Waals surface area contributed by atoms with Crippen LogP contribution in [0.2, 0.25) is 0 Å². The molecule has 1 aliphatic heterocycles. The first kappa shape index (κ1) is 24.0. The van der Waals surface area contributed by atoms with E-state index < -0.39 is 10.0 Å². The number of aryl methyl sites for hydroxylation is 2. The first-order valence-corrected chi connectivity index (χ1v) is 13.1. The Kier molecular flexibility index (Phi) is 7.65. The van der Waals surface area contributed by atoms with Gasteiger partial charge < -0.3 is 10.1 Å². The normalized spacial score (nSPS) is 14.5. The van der Waals surface area contributed by atoms with Crippen molar-refractivity contribution in [3.05, 3.63) is 83.9 Å². The van der Waals surface area contributed by atoms with Crippen LogP contribution in [0, 0.1) is 6.92 Å². The molecule has 0 aliphatic carbocycles. The van der Waals surface area contributed by atoms with Crippen LogP contribution in [-0.2, 0) is 21.2 Å². The molecule has 34 heavy (non-hydrogen) atoms. The lowest BCUT2D eigenvalue weighted by Crippen LogP contribution is -2.35. The molecule has 0 aromatic heterocycles. The van der Waals surface area contributed by atoms with Gasteiger partial charge in [0.05, 0.1) is 10.6 Å². The highest BCUT2D eigenvalue weighted by Gasteiger charge is 2.27. The number of sulfonamides is 1. The number of hydrogen-bond acceptors (Lipinski definition) is 4. The lowest BCUT2D eigenvalue weighted by atomic mass is 10.1. The zero-order chi connectivity index (χ0) is 24.0. The van der Waals surface area contributed by atoms with Crippen LogP contribution < -0.4 is 10.1 Å². The molecular weight excluding hydrogens is 448 g/mol. The molecule has 1 saturated heterocycles. The quantitative estimate of drug-likeness (QED) is 0.462. The summed E-state index contributed by atoms with van der Waals surface area (Å²) in [5.41, 5.74) is 2.45. The fourth-order valence-electron chi connectivity index (χ4n) is 4.03. The van der Waals surface area contributed by atoms with E-state index in [1.54, 1.807) is 12.1 Å². The van der Waals surface area contributed by atoms with Gasteiger partial charge in [0.15, 0.2) is 5.75 Å². The largest absolute Gasteiger partial charge is 0.455 e. The minimum atomic E-state index is -3.65. The first-order valence-electron chi connectivity index (χ1n) is 11.6. The van der Waals surface area contributed by atoms with Gasteiger partial charge in [0.1, 0.15) is 5.75 Å². The van der Waals surface area contributed by atoms with Crippen molar-refractivity contribution in [1.29, 1.82) is 0 Å². The second kappa shape index (κ2) is 10.8. The summed E-state index contributed by atoms with van der Waals surface area (Å²) in [6.45, 7) is 3.00. The number of nitrogens with zero attached hydrogens (tertiary/aromatic N) is 1. The van der Waals surface area contributed by atoms with Gasteiger partial charge in [0.25, 0.3) is 0 Å². The van der Waals surface area contributed by atoms with Crippen molar-refractivity contribution >= 4 is 21.6 Å². The second-order valence-electron chi connectivity index (χ2n) is 8.58. The van der Waals surface area contributed by atoms with Gasteiger partial charge in [-0.2, -0.15) is 4.31 Å². The fraction of sp³-hybridized carbons (Fsp3) is 0.296. The summed E-state index contributed by atoms with van der Waals surface area (Å²) >= 11 is 0. The Hall–Kier alpha value is -3.16. The van der Waals surface area contributed by atoms with Crippen molar-refractivity contribution < 1.29 is 17.9 Å². The van der Waals surface area contributed by atoms with Gasteiger partial charge in [-0.1, -0.05) is 48.9 Å². The number of amides is 1. The lowest BCUT2D eigenvalue weighted by Gasteiger charge is -2.26. The van der Waals surface area contributed by atoms with Crippen molar-refractivity contribution in [2.24, 2.45) is 0 Å². The third kappa shape index (κ3) is 6.04. The highest BCUT2D eigenvalue weighted by atomic mass is 32.2. The number of ether oxygens (including phenoxy) is 1. The molecule has 1 amide bonds. The Labute approximate surface area is 201 Å². The monoisotopic (exact) mass is 478 g/mol. The molecule has 1 N–H and O–H groups in total. The Balaban J connectivity index is 1.59. The summed E-state index contributed by atoms with van der Waals surface area (Å²) in [7, 11) is -3.65. The number of nitrogens with one attached hydrogen (secondary N) is 1. The summed E-state index contributed by atoms with van der Waals surface area (Å²) in [6, 6.07) is 22.0. The van der Waals surface area contributed by atoms with Gasteiger partial charge in [-0.3, -0.25) is 4.79 Å². The molecule has 0 bridgehead atoms. The molecule has 4 rings (SSSR count). The molecule has 3 aromatic rings. The molecule has 178 valence electrons. The molecular formula is C27H30N2O4S. The predicted octanol–water partition coefficient (Wildman–Crippen LogP) is 5.53. The Morgan fingerprint density at radius 1 is 0.941 bits per heavy atom. The zero-order valence-electron chi connectivity index (χ0n) is 19.4. The number of piperidine rings is 1. The minimum Gasteiger partial charge on any atom is -0.455 e. The molecule has 0 saturated carbocycles. The van der Waals surface area contributed by atoms with Crippen molar-refractivity contribution in [3.63, 3.8) is 0 Å². The maximum atomic E-state index is 13.2. The Morgan fingerprint density at radius 3 is 2.44 bits per heavy atom. The lowest BCUT2D eigenvalue weighted by molar-refractivity contribution is -0.116. The van der Waals surface area contributed by atoms with Crippen LogP contribution in [0.3, 0.4) is 0 Å². The van der Waals surface area contributed by atoms with E-state index in [4.69, 9.17) is 4.74 Å². The van der Waals surface area contributed by atoms with Crippen molar-refractivity contribution in [3.8, 4) is 11.5 Å². The summed E-state index contributed by atoms with van der Waals surface area (Å²) in [6.07, 6.45) is 3.62. The highest BCUT2D eigenvalue weighted by molar-refractivity contribution is 7.89. The Bertz CT molecular complexity index is 1240. The van der Waals surface area contributed by atoms with E-state index in [1.165, 1.54) is 10.4 Å². The molecule has 3 aromatic carbocycles. The van der Waals surface area contributed by atoms with Gasteiger partial charge in [-0.25, -0.2) is 8.42 Å². The van der Waals surface area contributed by atoms with Gasteiger partial charge in [-0.15, -0.1) is 0 Å². The number of anilines is 1. The SMILES string of the molecule is Cc1cccc(Oc2ccc(S(=O)(=O)N3CCCCC3)cc2NC(=O)CCc2ccccc2)c1. The molecule has 0 radical (unpaired) electrons. The van der Waals surface area contributed by atoms with E-state index in [-0.39, 0.29) is 17.2 Å². The van der Waals surface area contributed by atoms with Crippen LogP contribution in [0.5, 0.6) is 11.5 Å². The van der Waals surface area contributed by atoms with E-state index in [0.29, 0.717) is 36.7 Å². The average molecular weight is 479 g/mol. The second-order valence-corrected chi connectivity index (χ2v) is 10.5. The van der Waals surface area contributed by atoms with Gasteiger partial charge in [0, 0.05) is 19.5 Å². The van der Waals surface area contributed by atoms with Gasteiger partial charge >= 0.3 is 0 Å². The molecule has 7 heteroatoms. The van der Waals surface area contributed by atoms with Crippen molar-refractivity contribution in [1.82, 2.24) is 4.31 Å². The van der Waals surface area contributed by atoms with E-state index in [1.807, 2.05) is 61.5 Å². The third-order valence-corrected chi connectivity index (χ3v) is 7.77. The smallest absolute Gasteiger partial charge is 0.243 e.